The van der Waals surface area contributed by atoms with E-state index in [1.165, 1.54) is 0 Å². The minimum Gasteiger partial charge on any atom is -0.332 e. The van der Waals surface area contributed by atoms with Gasteiger partial charge in [-0.05, 0) is 13.1 Å². The lowest BCUT2D eigenvalue weighted by molar-refractivity contribution is -0.117. The minimum absolute atomic E-state index is 0.0182. The highest BCUT2D eigenvalue weighted by molar-refractivity contribution is 6.27. The molecule has 0 spiro atoms. The van der Waals surface area contributed by atoms with Crippen LogP contribution in [0.4, 0.5) is 0 Å². The van der Waals surface area contributed by atoms with E-state index in [0.29, 0.717) is 0 Å². The smallest absolute Gasteiger partial charge is 0.238 e. The number of hydrogen-bond acceptors (Lipinski definition) is 1. The predicted octanol–water partition coefficient (Wildman–Crippen LogP) is 0.875. The SMILES string of the molecule is CC=CNC(=O)CCl. The Kier molecular flexibility index (Phi) is 4.36. The molecule has 0 heterocycles. The van der Waals surface area contributed by atoms with Gasteiger partial charge in [0.25, 0.3) is 0 Å². The fraction of sp³-hybridized carbons (Fsp3) is 0.400. The highest BCUT2D eigenvalue weighted by atomic mass is 35.5. The Morgan fingerprint density at radius 3 is 2.88 bits per heavy atom. The molecule has 0 aromatic carbocycles. The van der Waals surface area contributed by atoms with Crippen molar-refractivity contribution < 1.29 is 4.79 Å². The third-order valence-corrected chi connectivity index (χ3v) is 0.775. The number of amides is 1. The van der Waals surface area contributed by atoms with Gasteiger partial charge < -0.3 is 5.32 Å². The first-order valence-electron chi connectivity index (χ1n) is 2.27. The average molecular weight is 134 g/mol. The van der Waals surface area contributed by atoms with E-state index in [-0.39, 0.29) is 11.8 Å². The molecule has 3 heteroatoms. The molecule has 0 saturated heterocycles. The molecule has 0 radical (unpaired) electrons. The van der Waals surface area contributed by atoms with Gasteiger partial charge in [0.1, 0.15) is 5.88 Å². The van der Waals surface area contributed by atoms with Crippen molar-refractivity contribution in [2.45, 2.75) is 6.92 Å². The zero-order valence-electron chi connectivity index (χ0n) is 4.65. The molecule has 0 rings (SSSR count). The molecule has 0 bridgehead atoms. The highest BCUT2D eigenvalue weighted by Gasteiger charge is 1.89. The van der Waals surface area contributed by atoms with Gasteiger partial charge in [-0.1, -0.05) is 6.08 Å². The summed E-state index contributed by atoms with van der Waals surface area (Å²) in [6.45, 7) is 1.81. The van der Waals surface area contributed by atoms with Crippen LogP contribution in [-0.4, -0.2) is 11.8 Å². The van der Waals surface area contributed by atoms with E-state index in [9.17, 15) is 4.79 Å². The number of hydrogen-bond donors (Lipinski definition) is 1. The minimum atomic E-state index is -0.176. The Morgan fingerprint density at radius 1 is 1.88 bits per heavy atom. The second kappa shape index (κ2) is 4.65. The van der Waals surface area contributed by atoms with Gasteiger partial charge in [0.05, 0.1) is 0 Å². The molecule has 2 nitrogen and oxygen atoms in total. The summed E-state index contributed by atoms with van der Waals surface area (Å²) in [5.41, 5.74) is 0. The maximum atomic E-state index is 10.3. The molecule has 0 aliphatic heterocycles. The van der Waals surface area contributed by atoms with Crippen LogP contribution in [0.25, 0.3) is 0 Å². The molecule has 0 fully saturated rings. The van der Waals surface area contributed by atoms with Crippen LogP contribution in [0.3, 0.4) is 0 Å². The molecule has 1 amide bonds. The molecule has 0 atom stereocenters. The molecule has 0 aliphatic rings. The Balaban J connectivity index is 3.25. The summed E-state index contributed by atoms with van der Waals surface area (Å²) < 4.78 is 0. The van der Waals surface area contributed by atoms with Crippen molar-refractivity contribution in [3.63, 3.8) is 0 Å². The first-order chi connectivity index (χ1) is 3.81. The molecule has 0 saturated carbocycles. The van der Waals surface area contributed by atoms with Crippen LogP contribution >= 0.6 is 11.6 Å². The second-order valence-corrected chi connectivity index (χ2v) is 1.47. The predicted molar refractivity (Wildman–Crippen MR) is 33.7 cm³/mol. The number of halogens is 1. The van der Waals surface area contributed by atoms with Gasteiger partial charge in [-0.3, -0.25) is 4.79 Å². The van der Waals surface area contributed by atoms with Crippen LogP contribution in [0.15, 0.2) is 12.3 Å². The molecule has 1 N–H and O–H groups in total. The maximum absolute atomic E-state index is 10.3. The first kappa shape index (κ1) is 7.50. The van der Waals surface area contributed by atoms with Crippen LogP contribution in [0.1, 0.15) is 6.92 Å². The van der Waals surface area contributed by atoms with Crippen molar-refractivity contribution in [3.8, 4) is 0 Å². The van der Waals surface area contributed by atoms with Crippen molar-refractivity contribution in [2.24, 2.45) is 0 Å². The zero-order valence-corrected chi connectivity index (χ0v) is 5.40. The lowest BCUT2D eigenvalue weighted by Crippen LogP contribution is -2.17. The van der Waals surface area contributed by atoms with Crippen molar-refractivity contribution in [1.82, 2.24) is 5.32 Å². The molecule has 0 aromatic rings. The lowest BCUT2D eigenvalue weighted by atomic mass is 10.6. The topological polar surface area (TPSA) is 29.1 Å². The summed E-state index contributed by atoms with van der Waals surface area (Å²) in [6.07, 6.45) is 3.27. The fourth-order valence-corrected chi connectivity index (χ4v) is 0.292. The Labute approximate surface area is 53.5 Å². The van der Waals surface area contributed by atoms with Gasteiger partial charge in [-0.2, -0.15) is 0 Å². The third kappa shape index (κ3) is 3.68. The Bertz CT molecular complexity index is 101. The monoisotopic (exact) mass is 133 g/mol. The second-order valence-electron chi connectivity index (χ2n) is 1.20. The number of carbonyl (C=O) groups excluding carboxylic acids is 1. The summed E-state index contributed by atoms with van der Waals surface area (Å²) >= 11 is 5.14. The summed E-state index contributed by atoms with van der Waals surface area (Å²) in [5, 5.41) is 2.43. The van der Waals surface area contributed by atoms with Gasteiger partial charge >= 0.3 is 0 Å². The van der Waals surface area contributed by atoms with Crippen LogP contribution < -0.4 is 5.32 Å². The van der Waals surface area contributed by atoms with E-state index in [1.807, 2.05) is 6.92 Å². The molecular formula is C5H8ClNO. The summed E-state index contributed by atoms with van der Waals surface area (Å²) in [5.74, 6) is -0.158. The zero-order chi connectivity index (χ0) is 6.41. The van der Waals surface area contributed by atoms with Gasteiger partial charge in [-0.25, -0.2) is 0 Å². The molecule has 0 aromatic heterocycles. The van der Waals surface area contributed by atoms with E-state index in [2.05, 4.69) is 5.32 Å². The van der Waals surface area contributed by atoms with E-state index >= 15 is 0 Å². The van der Waals surface area contributed by atoms with E-state index in [4.69, 9.17) is 11.6 Å². The van der Waals surface area contributed by atoms with E-state index in [0.717, 1.165) is 0 Å². The van der Waals surface area contributed by atoms with Crippen LogP contribution in [0.5, 0.6) is 0 Å². The first-order valence-corrected chi connectivity index (χ1v) is 2.81. The normalized spacial score (nSPS) is 9.75. The molecular weight excluding hydrogens is 126 g/mol. The maximum Gasteiger partial charge on any atom is 0.238 e. The van der Waals surface area contributed by atoms with Crippen molar-refractivity contribution in [1.29, 1.82) is 0 Å². The Hall–Kier alpha value is -0.500. The standard InChI is InChI=1S/C5H8ClNO/c1-2-3-7-5(8)4-6/h2-3H,4H2,1H3,(H,7,8). The van der Waals surface area contributed by atoms with Gasteiger partial charge in [0.2, 0.25) is 5.91 Å². The Morgan fingerprint density at radius 2 is 2.50 bits per heavy atom. The fourth-order valence-electron chi connectivity index (χ4n) is 0.215. The van der Waals surface area contributed by atoms with Gasteiger partial charge in [-0.15, -0.1) is 11.6 Å². The van der Waals surface area contributed by atoms with Crippen molar-refractivity contribution in [2.75, 3.05) is 5.88 Å². The summed E-state index contributed by atoms with van der Waals surface area (Å²) in [6, 6.07) is 0. The summed E-state index contributed by atoms with van der Waals surface area (Å²) in [7, 11) is 0. The van der Waals surface area contributed by atoms with Crippen molar-refractivity contribution >= 4 is 17.5 Å². The summed E-state index contributed by atoms with van der Waals surface area (Å²) in [4.78, 5) is 10.3. The largest absolute Gasteiger partial charge is 0.332 e. The van der Waals surface area contributed by atoms with Crippen LogP contribution in [-0.2, 0) is 4.79 Å². The highest BCUT2D eigenvalue weighted by Crippen LogP contribution is 1.73. The van der Waals surface area contributed by atoms with E-state index in [1.54, 1.807) is 12.3 Å². The third-order valence-electron chi connectivity index (χ3n) is 0.532. The van der Waals surface area contributed by atoms with E-state index < -0.39 is 0 Å². The number of alkyl halides is 1. The number of carbonyl (C=O) groups is 1. The van der Waals surface area contributed by atoms with Crippen LogP contribution in [0.2, 0.25) is 0 Å². The van der Waals surface area contributed by atoms with Gasteiger partial charge in [0.15, 0.2) is 0 Å². The van der Waals surface area contributed by atoms with Crippen molar-refractivity contribution in [3.05, 3.63) is 12.3 Å². The number of nitrogens with one attached hydrogen (secondary N) is 1. The lowest BCUT2D eigenvalue weighted by Gasteiger charge is -1.89. The number of allylic oxidation sites excluding steroid dienone is 1. The van der Waals surface area contributed by atoms with Gasteiger partial charge in [0, 0.05) is 0 Å². The average Bonchev–Trinajstić information content (AvgIpc) is 1.83. The number of rotatable bonds is 2. The molecule has 0 unspecified atom stereocenters. The molecule has 46 valence electrons. The quantitative estimate of drug-likeness (QED) is 0.557. The molecule has 0 aliphatic carbocycles. The van der Waals surface area contributed by atoms with Crippen LogP contribution in [0, 0.1) is 0 Å². The molecule has 8 heavy (non-hydrogen) atoms.